The van der Waals surface area contributed by atoms with Crippen molar-refractivity contribution in [2.24, 2.45) is 5.73 Å². The van der Waals surface area contributed by atoms with Gasteiger partial charge in [0.2, 0.25) is 0 Å². The zero-order valence-electron chi connectivity index (χ0n) is 7.41. The summed E-state index contributed by atoms with van der Waals surface area (Å²) in [6, 6.07) is 7.98. The van der Waals surface area contributed by atoms with Crippen LogP contribution in [0.25, 0.3) is 0 Å². The molecule has 0 unspecified atom stereocenters. The SMILES string of the molecule is CC=[N+]=C(N)c1cccc(C)c1. The lowest BCUT2D eigenvalue weighted by Crippen LogP contribution is -2.16. The number of hydrogen-bond acceptors (Lipinski definition) is 0. The van der Waals surface area contributed by atoms with Crippen molar-refractivity contribution in [1.29, 1.82) is 0 Å². The van der Waals surface area contributed by atoms with Crippen LogP contribution in [0.1, 0.15) is 18.1 Å². The normalized spacial score (nSPS) is 8.83. The molecule has 0 bridgehead atoms. The second-order valence-electron chi connectivity index (χ2n) is 2.64. The molecule has 0 atom stereocenters. The number of hydrogen-bond donors (Lipinski definition) is 1. The van der Waals surface area contributed by atoms with Crippen molar-refractivity contribution >= 4 is 12.1 Å². The smallest absolute Gasteiger partial charge is 0.273 e. The average Bonchev–Trinajstić information content (AvgIpc) is 2.05. The Bertz CT molecular complexity index is 333. The van der Waals surface area contributed by atoms with E-state index in [1.54, 1.807) is 6.21 Å². The number of nitrogens with zero attached hydrogens (tertiary/aromatic N) is 1. The first-order valence-electron chi connectivity index (χ1n) is 3.92. The molecule has 0 heterocycles. The van der Waals surface area contributed by atoms with Gasteiger partial charge in [0.15, 0.2) is 6.21 Å². The summed E-state index contributed by atoms with van der Waals surface area (Å²) in [5.41, 5.74) is 7.87. The number of amidine groups is 1. The topological polar surface area (TPSA) is 40.1 Å². The number of nitrogens with two attached hydrogens (primary N) is 1. The van der Waals surface area contributed by atoms with Gasteiger partial charge in [-0.1, -0.05) is 17.7 Å². The molecule has 2 nitrogen and oxygen atoms in total. The van der Waals surface area contributed by atoms with E-state index in [0.717, 1.165) is 5.56 Å². The second kappa shape index (κ2) is 3.74. The number of benzene rings is 1. The Hall–Kier alpha value is -1.53. The average molecular weight is 161 g/mol. The van der Waals surface area contributed by atoms with E-state index in [2.05, 4.69) is 4.67 Å². The molecule has 0 saturated heterocycles. The molecule has 0 spiro atoms. The van der Waals surface area contributed by atoms with Gasteiger partial charge in [-0.3, -0.25) is 5.73 Å². The minimum absolute atomic E-state index is 0.571. The first-order chi connectivity index (χ1) is 5.74. The maximum atomic E-state index is 5.69. The summed E-state index contributed by atoms with van der Waals surface area (Å²) in [7, 11) is 0. The summed E-state index contributed by atoms with van der Waals surface area (Å²) in [5.74, 6) is 0.571. The van der Waals surface area contributed by atoms with Crippen LogP contribution in [0.2, 0.25) is 0 Å². The lowest BCUT2D eigenvalue weighted by atomic mass is 10.1. The van der Waals surface area contributed by atoms with Crippen LogP contribution in [-0.4, -0.2) is 12.1 Å². The Morgan fingerprint density at radius 2 is 2.25 bits per heavy atom. The van der Waals surface area contributed by atoms with Crippen molar-refractivity contribution in [3.8, 4) is 0 Å². The molecule has 0 saturated carbocycles. The minimum Gasteiger partial charge on any atom is -0.273 e. The third-order valence-corrected chi connectivity index (χ3v) is 1.58. The van der Waals surface area contributed by atoms with Gasteiger partial charge < -0.3 is 0 Å². The summed E-state index contributed by atoms with van der Waals surface area (Å²) in [5, 5.41) is 0. The first-order valence-corrected chi connectivity index (χ1v) is 3.92. The van der Waals surface area contributed by atoms with Crippen molar-refractivity contribution in [1.82, 2.24) is 4.67 Å². The molecule has 0 radical (unpaired) electrons. The van der Waals surface area contributed by atoms with Gasteiger partial charge in [0, 0.05) is 6.92 Å². The largest absolute Gasteiger partial charge is 0.372 e. The van der Waals surface area contributed by atoms with Gasteiger partial charge in [0.05, 0.1) is 5.56 Å². The summed E-state index contributed by atoms with van der Waals surface area (Å²) < 4.78 is 4.01. The Morgan fingerprint density at radius 1 is 1.50 bits per heavy atom. The highest BCUT2D eigenvalue weighted by Gasteiger charge is 2.03. The van der Waals surface area contributed by atoms with Gasteiger partial charge in [-0.25, -0.2) is 4.67 Å². The maximum Gasteiger partial charge on any atom is 0.372 e. The van der Waals surface area contributed by atoms with Crippen LogP contribution < -0.4 is 10.4 Å². The van der Waals surface area contributed by atoms with Gasteiger partial charge in [0.25, 0.3) is 0 Å². The molecule has 62 valence electrons. The lowest BCUT2D eigenvalue weighted by Gasteiger charge is -1.92. The van der Waals surface area contributed by atoms with Gasteiger partial charge in [-0.15, -0.1) is 0 Å². The molecule has 0 amide bonds. The van der Waals surface area contributed by atoms with Crippen molar-refractivity contribution < 1.29 is 0 Å². The number of rotatable bonds is 1. The second-order valence-corrected chi connectivity index (χ2v) is 2.64. The third kappa shape index (κ3) is 1.97. The summed E-state index contributed by atoms with van der Waals surface area (Å²) in [6.07, 6.45) is 1.69. The van der Waals surface area contributed by atoms with Crippen LogP contribution >= 0.6 is 0 Å². The van der Waals surface area contributed by atoms with E-state index < -0.39 is 0 Å². The minimum atomic E-state index is 0.571. The summed E-state index contributed by atoms with van der Waals surface area (Å²) >= 11 is 0. The van der Waals surface area contributed by atoms with Gasteiger partial charge in [0.1, 0.15) is 0 Å². The predicted molar refractivity (Wildman–Crippen MR) is 53.3 cm³/mol. The molecule has 1 aromatic carbocycles. The van der Waals surface area contributed by atoms with Crippen molar-refractivity contribution in [2.45, 2.75) is 13.8 Å². The molecule has 0 aliphatic heterocycles. The maximum absolute atomic E-state index is 5.69. The molecular formula is C10H13N2+. The fourth-order valence-electron chi connectivity index (χ4n) is 1.02. The predicted octanol–water partition coefficient (Wildman–Crippen LogP) is 0.858. The van der Waals surface area contributed by atoms with Crippen molar-refractivity contribution in [3.63, 3.8) is 0 Å². The fraction of sp³-hybridized carbons (Fsp3) is 0.200. The molecule has 0 aliphatic rings. The fourth-order valence-corrected chi connectivity index (χ4v) is 1.02. The molecule has 0 fully saturated rings. The van der Waals surface area contributed by atoms with Crippen LogP contribution in [-0.2, 0) is 0 Å². The Kier molecular flexibility index (Phi) is 2.67. The molecule has 2 N–H and O–H groups in total. The quantitative estimate of drug-likeness (QED) is 0.370. The molecule has 2 heteroatoms. The van der Waals surface area contributed by atoms with Crippen LogP contribution in [0, 0.1) is 6.92 Å². The van der Waals surface area contributed by atoms with E-state index in [1.165, 1.54) is 5.56 Å². The zero-order chi connectivity index (χ0) is 8.97. The van der Waals surface area contributed by atoms with E-state index in [1.807, 2.05) is 38.1 Å². The van der Waals surface area contributed by atoms with Crippen molar-refractivity contribution in [3.05, 3.63) is 35.4 Å². The van der Waals surface area contributed by atoms with Crippen molar-refractivity contribution in [2.75, 3.05) is 0 Å². The van der Waals surface area contributed by atoms with Crippen LogP contribution in [0.3, 0.4) is 0 Å². The third-order valence-electron chi connectivity index (χ3n) is 1.58. The highest BCUT2D eigenvalue weighted by Crippen LogP contribution is 2.01. The Labute approximate surface area is 72.5 Å². The van der Waals surface area contributed by atoms with E-state index >= 15 is 0 Å². The van der Waals surface area contributed by atoms with Crippen LogP contribution in [0.5, 0.6) is 0 Å². The summed E-state index contributed by atoms with van der Waals surface area (Å²) in [6.45, 7) is 3.88. The van der Waals surface area contributed by atoms with E-state index in [4.69, 9.17) is 5.73 Å². The highest BCUT2D eigenvalue weighted by atomic mass is 14.8. The standard InChI is InChI=1S/C10H12N2/c1-3-12-10(11)9-6-4-5-8(2)7-9/h3-7,11H,1-2H3/p+1. The number of aryl methyl sites for hydroxylation is 1. The van der Waals surface area contributed by atoms with E-state index in [-0.39, 0.29) is 0 Å². The molecule has 0 aliphatic carbocycles. The van der Waals surface area contributed by atoms with Crippen LogP contribution in [0.4, 0.5) is 0 Å². The molecule has 1 aromatic rings. The van der Waals surface area contributed by atoms with E-state index in [0.29, 0.717) is 5.84 Å². The summed E-state index contributed by atoms with van der Waals surface area (Å²) in [4.78, 5) is 0. The van der Waals surface area contributed by atoms with Crippen LogP contribution in [0.15, 0.2) is 24.3 Å². The Balaban J connectivity index is 3.12. The molecule has 12 heavy (non-hydrogen) atoms. The Morgan fingerprint density at radius 3 is 2.83 bits per heavy atom. The van der Waals surface area contributed by atoms with Gasteiger partial charge in [-0.2, -0.15) is 0 Å². The first kappa shape index (κ1) is 8.57. The highest BCUT2D eigenvalue weighted by molar-refractivity contribution is 5.97. The molecule has 0 aromatic heterocycles. The molecule has 1 rings (SSSR count). The van der Waals surface area contributed by atoms with E-state index in [9.17, 15) is 0 Å². The van der Waals surface area contributed by atoms with Gasteiger partial charge >= 0.3 is 5.84 Å². The molecular weight excluding hydrogens is 148 g/mol. The van der Waals surface area contributed by atoms with Gasteiger partial charge in [-0.05, 0) is 19.1 Å². The zero-order valence-corrected chi connectivity index (χ0v) is 7.41. The monoisotopic (exact) mass is 161 g/mol. The lowest BCUT2D eigenvalue weighted by molar-refractivity contribution is 1.43.